The first kappa shape index (κ1) is 12.8. The second kappa shape index (κ2) is 5.48. The van der Waals surface area contributed by atoms with Crippen LogP contribution in [0.1, 0.15) is 0 Å². The molecule has 0 unspecified atom stereocenters. The van der Waals surface area contributed by atoms with E-state index in [9.17, 15) is 4.79 Å². The zero-order valence-electron chi connectivity index (χ0n) is 6.54. The molecule has 0 fully saturated rings. The summed E-state index contributed by atoms with van der Waals surface area (Å²) in [5.74, 6) is 0. The Bertz CT molecular complexity index is 175. The summed E-state index contributed by atoms with van der Waals surface area (Å²) in [6.45, 7) is -0.804. The molecule has 0 aliphatic rings. The Morgan fingerprint density at radius 2 is 1.62 bits per heavy atom. The largest absolute Gasteiger partial charge is 0.394 e. The first-order valence-electron chi connectivity index (χ1n) is 3.44. The van der Waals surface area contributed by atoms with Crippen LogP contribution in [0.25, 0.3) is 0 Å². The van der Waals surface area contributed by atoms with Gasteiger partial charge in [-0.1, -0.05) is 0 Å². The smallest absolute Gasteiger partial charge is 0.253 e. The molecule has 0 bridgehead atoms. The Hall–Kier alpha value is -0.240. The fraction of sp³-hybridized carbons (Fsp3) is 0.833. The van der Waals surface area contributed by atoms with Crippen molar-refractivity contribution in [2.45, 2.75) is 24.4 Å². The SMILES string of the molecule is O=C(Cl)[C@H](O)[C@H](O)[C@@H](O)[C@H](O)CO. The molecule has 13 heavy (non-hydrogen) atoms. The predicted molar refractivity (Wildman–Crippen MR) is 42.0 cm³/mol. The summed E-state index contributed by atoms with van der Waals surface area (Å²) in [6.07, 6.45) is -7.38. The molecule has 0 spiro atoms. The van der Waals surface area contributed by atoms with E-state index in [1.165, 1.54) is 0 Å². The number of hydrogen-bond acceptors (Lipinski definition) is 6. The van der Waals surface area contributed by atoms with Crippen molar-refractivity contribution in [1.82, 2.24) is 0 Å². The molecule has 5 N–H and O–H groups in total. The van der Waals surface area contributed by atoms with Crippen LogP contribution >= 0.6 is 11.6 Å². The Morgan fingerprint density at radius 1 is 1.15 bits per heavy atom. The van der Waals surface area contributed by atoms with Gasteiger partial charge in [-0.15, -0.1) is 0 Å². The standard InChI is InChI=1S/C6H11ClO6/c7-6(13)5(12)4(11)3(10)2(9)1-8/h2-5,8-12H,1H2/t2-,3+,4-,5-/m1/s1. The zero-order chi connectivity index (χ0) is 10.6. The maximum atomic E-state index is 10.3. The summed E-state index contributed by atoms with van der Waals surface area (Å²) in [6, 6.07) is 0. The average Bonchev–Trinajstić information content (AvgIpc) is 2.12. The third-order valence-corrected chi connectivity index (χ3v) is 1.71. The second-order valence-corrected chi connectivity index (χ2v) is 2.85. The van der Waals surface area contributed by atoms with Gasteiger partial charge in [0, 0.05) is 0 Å². The van der Waals surface area contributed by atoms with Gasteiger partial charge in [0.25, 0.3) is 5.24 Å². The van der Waals surface area contributed by atoms with E-state index >= 15 is 0 Å². The lowest BCUT2D eigenvalue weighted by atomic mass is 10.0. The van der Waals surface area contributed by atoms with E-state index in [0.717, 1.165) is 0 Å². The summed E-state index contributed by atoms with van der Waals surface area (Å²) < 4.78 is 0. The number of halogens is 1. The van der Waals surface area contributed by atoms with Crippen LogP contribution in [0.3, 0.4) is 0 Å². The molecule has 0 aliphatic carbocycles. The van der Waals surface area contributed by atoms with Gasteiger partial charge in [0.15, 0.2) is 6.10 Å². The average molecular weight is 215 g/mol. The quantitative estimate of drug-likeness (QED) is 0.315. The van der Waals surface area contributed by atoms with Crippen LogP contribution in [0, 0.1) is 0 Å². The van der Waals surface area contributed by atoms with Crippen LogP contribution in [0.15, 0.2) is 0 Å². The van der Waals surface area contributed by atoms with Gasteiger partial charge in [-0.05, 0) is 11.6 Å². The van der Waals surface area contributed by atoms with E-state index in [2.05, 4.69) is 0 Å². The maximum absolute atomic E-state index is 10.3. The highest BCUT2D eigenvalue weighted by Crippen LogP contribution is 2.07. The van der Waals surface area contributed by atoms with Crippen LogP contribution in [-0.2, 0) is 4.79 Å². The van der Waals surface area contributed by atoms with Crippen LogP contribution in [0.2, 0.25) is 0 Å². The Balaban J connectivity index is 4.24. The number of rotatable bonds is 5. The first-order valence-corrected chi connectivity index (χ1v) is 3.82. The van der Waals surface area contributed by atoms with E-state index < -0.39 is 36.3 Å². The molecule has 0 saturated heterocycles. The van der Waals surface area contributed by atoms with Crippen LogP contribution in [0.5, 0.6) is 0 Å². The normalized spacial score (nSPS) is 20.5. The molecule has 0 saturated carbocycles. The molecule has 0 rings (SSSR count). The fourth-order valence-corrected chi connectivity index (χ4v) is 0.786. The van der Waals surface area contributed by atoms with Crippen LogP contribution < -0.4 is 0 Å². The van der Waals surface area contributed by atoms with Crippen molar-refractivity contribution in [1.29, 1.82) is 0 Å². The highest BCUT2D eigenvalue weighted by molar-refractivity contribution is 6.64. The lowest BCUT2D eigenvalue weighted by Crippen LogP contribution is -2.47. The zero-order valence-corrected chi connectivity index (χ0v) is 7.29. The maximum Gasteiger partial charge on any atom is 0.253 e. The lowest BCUT2D eigenvalue weighted by molar-refractivity contribution is -0.140. The van der Waals surface area contributed by atoms with Gasteiger partial charge in [0.05, 0.1) is 6.61 Å². The molecule has 78 valence electrons. The fourth-order valence-electron chi connectivity index (χ4n) is 0.657. The van der Waals surface area contributed by atoms with Gasteiger partial charge < -0.3 is 25.5 Å². The van der Waals surface area contributed by atoms with Crippen molar-refractivity contribution in [3.8, 4) is 0 Å². The molecule has 0 aromatic heterocycles. The molecule has 0 amide bonds. The molecule has 0 aliphatic heterocycles. The second-order valence-electron chi connectivity index (χ2n) is 2.48. The molecule has 7 heteroatoms. The minimum atomic E-state index is -1.99. The minimum absolute atomic E-state index is 0.804. The highest BCUT2D eigenvalue weighted by Gasteiger charge is 2.33. The van der Waals surface area contributed by atoms with E-state index in [1.807, 2.05) is 0 Å². The summed E-state index contributed by atoms with van der Waals surface area (Å²) in [5.41, 5.74) is 0. The number of carbonyl (C=O) groups excluding carboxylic acids is 1. The van der Waals surface area contributed by atoms with Gasteiger partial charge in [-0.3, -0.25) is 4.79 Å². The van der Waals surface area contributed by atoms with Gasteiger partial charge >= 0.3 is 0 Å². The molecule has 0 heterocycles. The topological polar surface area (TPSA) is 118 Å². The molecule has 6 nitrogen and oxygen atoms in total. The van der Waals surface area contributed by atoms with Gasteiger partial charge in [-0.25, -0.2) is 0 Å². The van der Waals surface area contributed by atoms with Crippen molar-refractivity contribution in [3.63, 3.8) is 0 Å². The van der Waals surface area contributed by atoms with E-state index in [1.54, 1.807) is 0 Å². The molecular formula is C6H11ClO6. The van der Waals surface area contributed by atoms with Crippen molar-refractivity contribution in [2.24, 2.45) is 0 Å². The van der Waals surface area contributed by atoms with Gasteiger partial charge in [-0.2, -0.15) is 0 Å². The summed E-state index contributed by atoms with van der Waals surface area (Å²) >= 11 is 4.81. The van der Waals surface area contributed by atoms with E-state index in [4.69, 9.17) is 37.1 Å². The Kier molecular flexibility index (Phi) is 5.38. The summed E-state index contributed by atoms with van der Waals surface area (Å²) in [7, 11) is 0. The van der Waals surface area contributed by atoms with Gasteiger partial charge in [0.2, 0.25) is 0 Å². The van der Waals surface area contributed by atoms with E-state index in [0.29, 0.717) is 0 Å². The first-order chi connectivity index (χ1) is 5.91. The molecular weight excluding hydrogens is 204 g/mol. The van der Waals surface area contributed by atoms with Crippen molar-refractivity contribution in [3.05, 3.63) is 0 Å². The van der Waals surface area contributed by atoms with Crippen molar-refractivity contribution < 1.29 is 30.3 Å². The minimum Gasteiger partial charge on any atom is -0.394 e. The van der Waals surface area contributed by atoms with Crippen molar-refractivity contribution in [2.75, 3.05) is 6.61 Å². The Morgan fingerprint density at radius 3 is 1.92 bits per heavy atom. The molecule has 0 aromatic rings. The Labute approximate surface area is 79.0 Å². The van der Waals surface area contributed by atoms with E-state index in [-0.39, 0.29) is 0 Å². The van der Waals surface area contributed by atoms with Crippen molar-refractivity contribution >= 4 is 16.8 Å². The number of aliphatic hydroxyl groups excluding tert-OH is 5. The third-order valence-electron chi connectivity index (χ3n) is 1.49. The number of carbonyl (C=O) groups is 1. The monoisotopic (exact) mass is 214 g/mol. The molecule has 4 atom stereocenters. The predicted octanol–water partition coefficient (Wildman–Crippen LogP) is -2.81. The third kappa shape index (κ3) is 3.55. The highest BCUT2D eigenvalue weighted by atomic mass is 35.5. The molecule has 0 aromatic carbocycles. The summed E-state index contributed by atoms with van der Waals surface area (Å²) in [4.78, 5) is 10.3. The van der Waals surface area contributed by atoms with Crippen LogP contribution in [0.4, 0.5) is 0 Å². The number of hydrogen-bond donors (Lipinski definition) is 5. The molecule has 0 radical (unpaired) electrons. The van der Waals surface area contributed by atoms with Crippen LogP contribution in [-0.4, -0.2) is 61.8 Å². The van der Waals surface area contributed by atoms with Gasteiger partial charge in [0.1, 0.15) is 18.3 Å². The number of aliphatic hydroxyl groups is 5. The lowest BCUT2D eigenvalue weighted by Gasteiger charge is -2.23. The summed E-state index contributed by atoms with van der Waals surface area (Å²) in [5, 5.41) is 42.7.